The molecule has 1 aliphatic heterocycles. The molecule has 4 N–H and O–H groups in total. The molecule has 1 amide bonds. The number of anilines is 2. The minimum Gasteiger partial charge on any atom is -0.397 e. The lowest BCUT2D eigenvalue weighted by Crippen LogP contribution is -2.32. The van der Waals surface area contributed by atoms with Gasteiger partial charge < -0.3 is 21.1 Å². The third-order valence-corrected chi connectivity index (χ3v) is 3.50. The molecular formula is C14H21N3O2. The quantitative estimate of drug-likeness (QED) is 0.801. The first-order valence-corrected chi connectivity index (χ1v) is 6.56. The van der Waals surface area contributed by atoms with Crippen LogP contribution in [0.3, 0.4) is 0 Å². The van der Waals surface area contributed by atoms with Crippen LogP contribution in [0.2, 0.25) is 0 Å². The highest BCUT2D eigenvalue weighted by atomic mass is 16.5. The van der Waals surface area contributed by atoms with E-state index >= 15 is 0 Å². The van der Waals surface area contributed by atoms with Crippen LogP contribution in [0.15, 0.2) is 18.2 Å². The highest BCUT2D eigenvalue weighted by Gasteiger charge is 2.20. The molecule has 0 aromatic heterocycles. The van der Waals surface area contributed by atoms with Gasteiger partial charge in [0.1, 0.15) is 0 Å². The normalized spacial score (nSPS) is 19.1. The fourth-order valence-electron chi connectivity index (χ4n) is 2.62. The predicted octanol–water partition coefficient (Wildman–Crippen LogP) is 1.23. The molecule has 1 saturated heterocycles. The summed E-state index contributed by atoms with van der Waals surface area (Å²) in [6.45, 7) is 2.43. The van der Waals surface area contributed by atoms with Crippen molar-refractivity contribution >= 4 is 17.3 Å². The van der Waals surface area contributed by atoms with Crippen molar-refractivity contribution in [2.45, 2.75) is 12.8 Å². The van der Waals surface area contributed by atoms with Gasteiger partial charge in [0.2, 0.25) is 0 Å². The van der Waals surface area contributed by atoms with Gasteiger partial charge in [0.05, 0.1) is 23.5 Å². The topological polar surface area (TPSA) is 81.6 Å². The third kappa shape index (κ3) is 3.17. The van der Waals surface area contributed by atoms with Gasteiger partial charge in [-0.2, -0.15) is 0 Å². The number of benzene rings is 1. The molecule has 2 rings (SSSR count). The summed E-state index contributed by atoms with van der Waals surface area (Å²) in [5, 5.41) is 0. The lowest BCUT2D eigenvalue weighted by Gasteiger charge is -2.30. The molecular weight excluding hydrogens is 242 g/mol. The summed E-state index contributed by atoms with van der Waals surface area (Å²) < 4.78 is 5.48. The first-order valence-electron chi connectivity index (χ1n) is 6.56. The van der Waals surface area contributed by atoms with Gasteiger partial charge in [0.25, 0.3) is 5.91 Å². The maximum Gasteiger partial charge on any atom is 0.250 e. The van der Waals surface area contributed by atoms with Crippen LogP contribution in [0.1, 0.15) is 23.2 Å². The van der Waals surface area contributed by atoms with Gasteiger partial charge in [0, 0.05) is 20.2 Å². The van der Waals surface area contributed by atoms with Crippen LogP contribution in [0.25, 0.3) is 0 Å². The molecule has 0 bridgehead atoms. The molecule has 1 aliphatic rings. The van der Waals surface area contributed by atoms with Gasteiger partial charge in [-0.3, -0.25) is 4.79 Å². The minimum absolute atomic E-state index is 0.450. The zero-order chi connectivity index (χ0) is 13.8. The molecule has 19 heavy (non-hydrogen) atoms. The lowest BCUT2D eigenvalue weighted by atomic mass is 10.0. The molecule has 0 radical (unpaired) electrons. The fraction of sp³-hybridized carbons (Fsp3) is 0.500. The largest absolute Gasteiger partial charge is 0.397 e. The summed E-state index contributed by atoms with van der Waals surface area (Å²) in [5.41, 5.74) is 13.2. The molecule has 0 spiro atoms. The van der Waals surface area contributed by atoms with Crippen molar-refractivity contribution < 1.29 is 9.53 Å². The van der Waals surface area contributed by atoms with Crippen LogP contribution < -0.4 is 16.4 Å². The number of carbonyl (C=O) groups is 1. The Morgan fingerprint density at radius 1 is 1.53 bits per heavy atom. The van der Waals surface area contributed by atoms with Gasteiger partial charge in [0.15, 0.2) is 0 Å². The molecule has 1 aromatic carbocycles. The number of nitrogens with zero attached hydrogens (tertiary/aromatic N) is 1. The average Bonchev–Trinajstić information content (AvgIpc) is 2.39. The van der Waals surface area contributed by atoms with Crippen molar-refractivity contribution in [3.05, 3.63) is 23.8 Å². The summed E-state index contributed by atoms with van der Waals surface area (Å²) in [7, 11) is 1.94. The van der Waals surface area contributed by atoms with E-state index in [1.807, 2.05) is 11.9 Å². The van der Waals surface area contributed by atoms with E-state index in [2.05, 4.69) is 0 Å². The summed E-state index contributed by atoms with van der Waals surface area (Å²) in [6.07, 6.45) is 2.23. The maximum absolute atomic E-state index is 11.5. The molecule has 104 valence electrons. The van der Waals surface area contributed by atoms with E-state index in [1.165, 1.54) is 0 Å². The van der Waals surface area contributed by atoms with E-state index in [0.29, 0.717) is 17.2 Å². The predicted molar refractivity (Wildman–Crippen MR) is 76.2 cm³/mol. The van der Waals surface area contributed by atoms with Gasteiger partial charge in [-0.05, 0) is 30.9 Å². The number of hydrogen-bond donors (Lipinski definition) is 2. The minimum atomic E-state index is -0.450. The summed E-state index contributed by atoms with van der Waals surface area (Å²) in [5.74, 6) is 0.0214. The van der Waals surface area contributed by atoms with Crippen molar-refractivity contribution in [3.63, 3.8) is 0 Å². The summed E-state index contributed by atoms with van der Waals surface area (Å²) in [4.78, 5) is 13.5. The number of nitrogens with two attached hydrogens (primary N) is 2. The average molecular weight is 263 g/mol. The number of hydrogen-bond acceptors (Lipinski definition) is 4. The maximum atomic E-state index is 11.5. The number of rotatable bonds is 4. The molecule has 0 saturated carbocycles. The monoisotopic (exact) mass is 263 g/mol. The second-order valence-corrected chi connectivity index (χ2v) is 5.07. The van der Waals surface area contributed by atoms with E-state index in [0.717, 1.165) is 38.3 Å². The van der Waals surface area contributed by atoms with Crippen LogP contribution in [-0.4, -0.2) is 32.7 Å². The molecule has 1 atom stereocenters. The second kappa shape index (κ2) is 5.93. The Hall–Kier alpha value is -1.75. The number of carbonyl (C=O) groups excluding carboxylic acids is 1. The van der Waals surface area contributed by atoms with Crippen molar-refractivity contribution in [2.24, 2.45) is 11.7 Å². The molecule has 1 aromatic rings. The summed E-state index contributed by atoms with van der Waals surface area (Å²) in [6, 6.07) is 5.24. The fourth-order valence-corrected chi connectivity index (χ4v) is 2.62. The van der Waals surface area contributed by atoms with E-state index in [-0.39, 0.29) is 0 Å². The number of para-hydroxylation sites is 1. The molecule has 0 aliphatic carbocycles. The Kier molecular flexibility index (Phi) is 4.27. The SMILES string of the molecule is CN(CC1CCCOC1)c1c(N)cccc1C(N)=O. The Labute approximate surface area is 113 Å². The van der Waals surface area contributed by atoms with Gasteiger partial charge in [-0.25, -0.2) is 0 Å². The number of ether oxygens (including phenoxy) is 1. The van der Waals surface area contributed by atoms with Crippen LogP contribution in [0.5, 0.6) is 0 Å². The highest BCUT2D eigenvalue weighted by Crippen LogP contribution is 2.28. The van der Waals surface area contributed by atoms with Gasteiger partial charge in [-0.15, -0.1) is 0 Å². The zero-order valence-electron chi connectivity index (χ0n) is 11.3. The molecule has 5 nitrogen and oxygen atoms in total. The van der Waals surface area contributed by atoms with Gasteiger partial charge >= 0.3 is 0 Å². The smallest absolute Gasteiger partial charge is 0.250 e. The molecule has 5 heteroatoms. The third-order valence-electron chi connectivity index (χ3n) is 3.50. The Morgan fingerprint density at radius 3 is 2.95 bits per heavy atom. The van der Waals surface area contributed by atoms with Crippen LogP contribution >= 0.6 is 0 Å². The Bertz CT molecular complexity index is 456. The number of primary amides is 1. The summed E-state index contributed by atoms with van der Waals surface area (Å²) >= 11 is 0. The zero-order valence-corrected chi connectivity index (χ0v) is 11.3. The second-order valence-electron chi connectivity index (χ2n) is 5.07. The van der Waals surface area contributed by atoms with Crippen molar-refractivity contribution in [1.29, 1.82) is 0 Å². The van der Waals surface area contributed by atoms with Crippen molar-refractivity contribution in [1.82, 2.24) is 0 Å². The lowest BCUT2D eigenvalue weighted by molar-refractivity contribution is 0.0576. The first kappa shape index (κ1) is 13.7. The Balaban J connectivity index is 2.17. The van der Waals surface area contributed by atoms with Crippen molar-refractivity contribution in [3.8, 4) is 0 Å². The number of nitrogen functional groups attached to an aromatic ring is 1. The van der Waals surface area contributed by atoms with E-state index in [1.54, 1.807) is 18.2 Å². The number of amides is 1. The van der Waals surface area contributed by atoms with Crippen LogP contribution in [-0.2, 0) is 4.74 Å². The molecule has 1 unspecified atom stereocenters. The highest BCUT2D eigenvalue weighted by molar-refractivity contribution is 6.01. The van der Waals surface area contributed by atoms with Gasteiger partial charge in [-0.1, -0.05) is 6.07 Å². The van der Waals surface area contributed by atoms with Crippen molar-refractivity contribution in [2.75, 3.05) is 37.4 Å². The van der Waals surface area contributed by atoms with Crippen LogP contribution in [0, 0.1) is 5.92 Å². The van der Waals surface area contributed by atoms with E-state index in [4.69, 9.17) is 16.2 Å². The van der Waals surface area contributed by atoms with E-state index < -0.39 is 5.91 Å². The standard InChI is InChI=1S/C14H21N3O2/c1-17(8-10-4-3-7-19-9-10)13-11(14(16)18)5-2-6-12(13)15/h2,5-6,10H,3-4,7-9,15H2,1H3,(H2,16,18). The molecule has 1 heterocycles. The van der Waals surface area contributed by atoms with E-state index in [9.17, 15) is 4.79 Å². The molecule has 1 fully saturated rings. The van der Waals surface area contributed by atoms with Crippen LogP contribution in [0.4, 0.5) is 11.4 Å². The Morgan fingerprint density at radius 2 is 2.32 bits per heavy atom. The first-order chi connectivity index (χ1) is 9.09.